The van der Waals surface area contributed by atoms with E-state index in [0.717, 1.165) is 24.3 Å². The fourth-order valence-electron chi connectivity index (χ4n) is 2.49. The molecular formula is C20H23F3N2O5S. The van der Waals surface area contributed by atoms with Crippen molar-refractivity contribution in [2.24, 2.45) is 0 Å². The number of hydrogen-bond donors (Lipinski definition) is 2. The van der Waals surface area contributed by atoms with Gasteiger partial charge in [0.15, 0.2) is 0 Å². The third-order valence-electron chi connectivity index (χ3n) is 3.72. The predicted octanol–water partition coefficient (Wildman–Crippen LogP) is 4.13. The second kappa shape index (κ2) is 9.56. The predicted molar refractivity (Wildman–Crippen MR) is 107 cm³/mol. The van der Waals surface area contributed by atoms with Gasteiger partial charge in [0.25, 0.3) is 0 Å². The lowest BCUT2D eigenvalue weighted by Gasteiger charge is -2.23. The highest BCUT2D eigenvalue weighted by Crippen LogP contribution is 2.24. The average molecular weight is 460 g/mol. The van der Waals surface area contributed by atoms with Crippen LogP contribution in [0.4, 0.5) is 18.0 Å². The number of rotatable bonds is 7. The van der Waals surface area contributed by atoms with Crippen LogP contribution in [0, 0.1) is 0 Å². The van der Waals surface area contributed by atoms with Crippen molar-refractivity contribution >= 4 is 16.1 Å². The van der Waals surface area contributed by atoms with Gasteiger partial charge in [0.05, 0.1) is 10.9 Å². The van der Waals surface area contributed by atoms with E-state index in [9.17, 15) is 26.4 Å². The number of carbonyl (C=O) groups excluding carboxylic acids is 1. The van der Waals surface area contributed by atoms with Crippen LogP contribution in [0.15, 0.2) is 59.5 Å². The number of nitrogens with one attached hydrogen (secondary N) is 2. The number of benzene rings is 2. The number of alkyl carbamates (subject to hydrolysis) is 1. The van der Waals surface area contributed by atoms with Gasteiger partial charge in [0.2, 0.25) is 10.0 Å². The molecule has 0 unspecified atom stereocenters. The summed E-state index contributed by atoms with van der Waals surface area (Å²) in [5.41, 5.74) is -0.161. The van der Waals surface area contributed by atoms with E-state index in [0.29, 0.717) is 5.56 Å². The molecule has 170 valence electrons. The molecule has 31 heavy (non-hydrogen) atoms. The summed E-state index contributed by atoms with van der Waals surface area (Å²) in [5, 5.41) is 2.51. The molecule has 0 heterocycles. The molecule has 0 aromatic heterocycles. The van der Waals surface area contributed by atoms with Gasteiger partial charge in [0.1, 0.15) is 11.4 Å². The van der Waals surface area contributed by atoms with Crippen molar-refractivity contribution in [3.8, 4) is 5.75 Å². The molecule has 1 amide bonds. The maximum Gasteiger partial charge on any atom is 0.573 e. The highest BCUT2D eigenvalue weighted by molar-refractivity contribution is 7.89. The third-order valence-corrected chi connectivity index (χ3v) is 5.20. The molecule has 0 bridgehead atoms. The van der Waals surface area contributed by atoms with Crippen LogP contribution in [0.5, 0.6) is 5.75 Å². The Morgan fingerprint density at radius 3 is 2.10 bits per heavy atom. The van der Waals surface area contributed by atoms with Crippen molar-refractivity contribution in [3.63, 3.8) is 0 Å². The first-order valence-corrected chi connectivity index (χ1v) is 10.6. The normalized spacial score (nSPS) is 13.4. The SMILES string of the molecule is CC(C)(C)OC(=O)NC[C@@H](NS(=O)(=O)c1ccc(OC(F)(F)F)cc1)c1ccccc1. The molecule has 0 aliphatic heterocycles. The van der Waals surface area contributed by atoms with E-state index in [1.165, 1.54) is 0 Å². The minimum atomic E-state index is -4.88. The monoisotopic (exact) mass is 460 g/mol. The minimum absolute atomic E-state index is 0.118. The molecule has 2 aromatic carbocycles. The molecular weight excluding hydrogens is 437 g/mol. The number of ether oxygens (including phenoxy) is 2. The summed E-state index contributed by atoms with van der Waals surface area (Å²) < 4.78 is 73.8. The van der Waals surface area contributed by atoms with Gasteiger partial charge in [-0.15, -0.1) is 13.2 Å². The van der Waals surface area contributed by atoms with Gasteiger partial charge in [-0.05, 0) is 50.6 Å². The van der Waals surface area contributed by atoms with Crippen LogP contribution in [0.3, 0.4) is 0 Å². The Hall–Kier alpha value is -2.79. The molecule has 2 aromatic rings. The van der Waals surface area contributed by atoms with E-state index in [4.69, 9.17) is 4.74 Å². The summed E-state index contributed by atoms with van der Waals surface area (Å²) in [6.07, 6.45) is -5.61. The van der Waals surface area contributed by atoms with Crippen molar-refractivity contribution in [1.29, 1.82) is 0 Å². The Labute approximate surface area is 178 Å². The summed E-state index contributed by atoms with van der Waals surface area (Å²) >= 11 is 0. The van der Waals surface area contributed by atoms with E-state index in [2.05, 4.69) is 14.8 Å². The first-order chi connectivity index (χ1) is 14.3. The number of amides is 1. The van der Waals surface area contributed by atoms with Gasteiger partial charge in [0, 0.05) is 6.54 Å². The summed E-state index contributed by atoms with van der Waals surface area (Å²) in [6, 6.07) is 11.4. The lowest BCUT2D eigenvalue weighted by Crippen LogP contribution is -2.40. The van der Waals surface area contributed by atoms with Crippen LogP contribution in [0.1, 0.15) is 32.4 Å². The van der Waals surface area contributed by atoms with E-state index in [-0.39, 0.29) is 11.4 Å². The van der Waals surface area contributed by atoms with Crippen LogP contribution in [-0.2, 0) is 14.8 Å². The molecule has 2 N–H and O–H groups in total. The van der Waals surface area contributed by atoms with Crippen LogP contribution in [0.2, 0.25) is 0 Å². The van der Waals surface area contributed by atoms with E-state index in [1.54, 1.807) is 51.1 Å². The summed E-state index contributed by atoms with van der Waals surface area (Å²) in [7, 11) is -4.13. The largest absolute Gasteiger partial charge is 0.573 e. The van der Waals surface area contributed by atoms with Gasteiger partial charge < -0.3 is 14.8 Å². The topological polar surface area (TPSA) is 93.7 Å². The molecule has 0 radical (unpaired) electrons. The fourth-order valence-corrected chi connectivity index (χ4v) is 3.71. The van der Waals surface area contributed by atoms with Crippen molar-refractivity contribution < 1.29 is 35.9 Å². The van der Waals surface area contributed by atoms with Gasteiger partial charge in [-0.1, -0.05) is 30.3 Å². The third kappa shape index (κ3) is 8.46. The molecule has 1 atom stereocenters. The Morgan fingerprint density at radius 1 is 1.00 bits per heavy atom. The van der Waals surface area contributed by atoms with E-state index < -0.39 is 39.9 Å². The number of alkyl halides is 3. The van der Waals surface area contributed by atoms with E-state index in [1.807, 2.05) is 0 Å². The molecule has 7 nitrogen and oxygen atoms in total. The first-order valence-electron chi connectivity index (χ1n) is 9.15. The van der Waals surface area contributed by atoms with Crippen molar-refractivity contribution in [2.75, 3.05) is 6.54 Å². The van der Waals surface area contributed by atoms with Crippen molar-refractivity contribution in [2.45, 2.75) is 43.7 Å². The number of hydrogen-bond acceptors (Lipinski definition) is 5. The Morgan fingerprint density at radius 2 is 1.58 bits per heavy atom. The average Bonchev–Trinajstić information content (AvgIpc) is 2.63. The first kappa shape index (κ1) is 24.5. The zero-order chi connectivity index (χ0) is 23.3. The quantitative estimate of drug-likeness (QED) is 0.648. The second-order valence-electron chi connectivity index (χ2n) is 7.49. The Kier molecular flexibility index (Phi) is 7.55. The highest BCUT2D eigenvalue weighted by Gasteiger charge is 2.31. The molecule has 0 saturated heterocycles. The molecule has 0 fully saturated rings. The van der Waals surface area contributed by atoms with Crippen molar-refractivity contribution in [1.82, 2.24) is 10.0 Å². The van der Waals surface area contributed by atoms with Gasteiger partial charge in [-0.25, -0.2) is 17.9 Å². The van der Waals surface area contributed by atoms with Crippen LogP contribution >= 0.6 is 0 Å². The van der Waals surface area contributed by atoms with Gasteiger partial charge in [-0.2, -0.15) is 0 Å². The molecule has 0 aliphatic carbocycles. The molecule has 0 spiro atoms. The van der Waals surface area contributed by atoms with Gasteiger partial charge >= 0.3 is 12.5 Å². The smallest absolute Gasteiger partial charge is 0.444 e. The van der Waals surface area contributed by atoms with Crippen molar-refractivity contribution in [3.05, 3.63) is 60.2 Å². The lowest BCUT2D eigenvalue weighted by atomic mass is 10.1. The number of halogens is 3. The maximum atomic E-state index is 12.8. The number of sulfonamides is 1. The van der Waals surface area contributed by atoms with Crippen LogP contribution < -0.4 is 14.8 Å². The molecule has 11 heteroatoms. The summed E-state index contributed by atoms with van der Waals surface area (Å²) in [5.74, 6) is -0.544. The minimum Gasteiger partial charge on any atom is -0.444 e. The van der Waals surface area contributed by atoms with Crippen LogP contribution in [0.25, 0.3) is 0 Å². The fraction of sp³-hybridized carbons (Fsp3) is 0.350. The van der Waals surface area contributed by atoms with Gasteiger partial charge in [-0.3, -0.25) is 0 Å². The molecule has 0 aliphatic rings. The van der Waals surface area contributed by atoms with Crippen LogP contribution in [-0.4, -0.2) is 33.0 Å². The summed E-state index contributed by atoms with van der Waals surface area (Å²) in [4.78, 5) is 11.7. The summed E-state index contributed by atoms with van der Waals surface area (Å²) in [6.45, 7) is 4.95. The lowest BCUT2D eigenvalue weighted by molar-refractivity contribution is -0.274. The Balaban J connectivity index is 2.18. The molecule has 0 saturated carbocycles. The zero-order valence-electron chi connectivity index (χ0n) is 17.1. The standard InChI is InChI=1S/C20H23F3N2O5S/c1-19(2,3)30-18(26)24-13-17(14-7-5-4-6-8-14)25-31(27,28)16-11-9-15(10-12-16)29-20(21,22)23/h4-12,17,25H,13H2,1-3H3,(H,24,26)/t17-/m1/s1. The Bertz CT molecular complexity index is 973. The zero-order valence-corrected chi connectivity index (χ0v) is 17.9. The second-order valence-corrected chi connectivity index (χ2v) is 9.20. The van der Waals surface area contributed by atoms with E-state index >= 15 is 0 Å². The maximum absolute atomic E-state index is 12.8. The molecule has 2 rings (SSSR count). The highest BCUT2D eigenvalue weighted by atomic mass is 32.2. The number of carbonyl (C=O) groups is 1.